The van der Waals surface area contributed by atoms with E-state index in [0.717, 1.165) is 16.7 Å². The van der Waals surface area contributed by atoms with Crippen LogP contribution in [0.1, 0.15) is 28.4 Å². The van der Waals surface area contributed by atoms with E-state index in [-0.39, 0.29) is 5.69 Å². The van der Waals surface area contributed by atoms with E-state index in [1.807, 2.05) is 32.0 Å². The molecule has 0 bridgehead atoms. The van der Waals surface area contributed by atoms with Gasteiger partial charge in [0, 0.05) is 5.69 Å². The van der Waals surface area contributed by atoms with Gasteiger partial charge in [-0.15, -0.1) is 0 Å². The van der Waals surface area contributed by atoms with E-state index < -0.39 is 16.8 Å². The van der Waals surface area contributed by atoms with Crippen molar-refractivity contribution in [2.75, 3.05) is 11.9 Å². The zero-order chi connectivity index (χ0) is 18.8. The molecule has 3 aromatic rings. The van der Waals surface area contributed by atoms with Crippen LogP contribution in [0, 0.1) is 13.8 Å². The predicted molar refractivity (Wildman–Crippen MR) is 102 cm³/mol. The van der Waals surface area contributed by atoms with Crippen molar-refractivity contribution in [3.8, 4) is 11.1 Å². The lowest BCUT2D eigenvalue weighted by atomic mass is 9.95. The molecule has 0 radical (unpaired) electrons. The lowest BCUT2D eigenvalue weighted by molar-refractivity contribution is 0.0526. The summed E-state index contributed by atoms with van der Waals surface area (Å²) in [5, 5.41) is 3.00. The topological polar surface area (TPSA) is 72.5 Å². The monoisotopic (exact) mass is 349 g/mol. The molecular weight excluding hydrogens is 330 g/mol. The minimum absolute atomic E-state index is 0.280. The van der Waals surface area contributed by atoms with Gasteiger partial charge >= 0.3 is 5.97 Å². The van der Waals surface area contributed by atoms with Crippen molar-refractivity contribution in [1.29, 1.82) is 0 Å². The Morgan fingerprint density at radius 1 is 0.962 bits per heavy atom. The van der Waals surface area contributed by atoms with Crippen LogP contribution in [0.15, 0.2) is 52.1 Å². The molecule has 3 aromatic carbocycles. The fraction of sp³-hybridized carbons (Fsp3) is 0.190. The smallest absolute Gasteiger partial charge is 0.338 e. The van der Waals surface area contributed by atoms with Crippen LogP contribution in [0.4, 0.5) is 11.4 Å². The molecule has 3 rings (SSSR count). The number of aryl methyl sites for hydroxylation is 2. The van der Waals surface area contributed by atoms with Crippen molar-refractivity contribution in [2.45, 2.75) is 20.8 Å². The average molecular weight is 349 g/mol. The highest BCUT2D eigenvalue weighted by Crippen LogP contribution is 2.28. The molecule has 0 spiro atoms. The van der Waals surface area contributed by atoms with Crippen molar-refractivity contribution in [1.82, 2.24) is 0 Å². The summed E-state index contributed by atoms with van der Waals surface area (Å²) in [6.07, 6.45) is 0. The molecule has 5 nitrogen and oxygen atoms in total. The number of esters is 1. The quantitative estimate of drug-likeness (QED) is 0.564. The molecule has 0 saturated carbocycles. The predicted octanol–water partition coefficient (Wildman–Crippen LogP) is 3.49. The second-order valence-electron chi connectivity index (χ2n) is 6.13. The Morgan fingerprint density at radius 3 is 2.27 bits per heavy atom. The third-order valence-corrected chi connectivity index (χ3v) is 4.37. The first-order valence-electron chi connectivity index (χ1n) is 8.37. The van der Waals surface area contributed by atoms with E-state index in [1.165, 1.54) is 0 Å². The van der Waals surface area contributed by atoms with Crippen LogP contribution >= 0.6 is 0 Å². The van der Waals surface area contributed by atoms with Gasteiger partial charge in [0.1, 0.15) is 5.69 Å². The fourth-order valence-electron chi connectivity index (χ4n) is 2.73. The maximum absolute atomic E-state index is 12.1. The number of hydrogen-bond donors (Lipinski definition) is 1. The molecule has 0 aliphatic rings. The van der Waals surface area contributed by atoms with E-state index in [9.17, 15) is 14.4 Å². The molecule has 0 fully saturated rings. The molecule has 132 valence electrons. The number of ether oxygens (including phenoxy) is 1. The molecule has 0 unspecified atom stereocenters. The van der Waals surface area contributed by atoms with Crippen molar-refractivity contribution >= 4 is 17.3 Å². The molecular formula is C21H19NO4. The van der Waals surface area contributed by atoms with Gasteiger partial charge in [-0.25, -0.2) is 4.79 Å². The summed E-state index contributed by atoms with van der Waals surface area (Å²) in [6.45, 7) is 6.01. The van der Waals surface area contributed by atoms with Crippen LogP contribution < -0.4 is 16.2 Å². The summed E-state index contributed by atoms with van der Waals surface area (Å²) >= 11 is 0. The summed E-state index contributed by atoms with van der Waals surface area (Å²) in [5.74, 6) is -0.399. The SMILES string of the molecule is CCOC(=O)c1ccc(Nc2c(-c3ccc(C)c(C)c3)c(=O)c2=O)cc1. The van der Waals surface area contributed by atoms with Crippen LogP contribution in [-0.2, 0) is 4.74 Å². The highest BCUT2D eigenvalue weighted by molar-refractivity contribution is 5.90. The van der Waals surface area contributed by atoms with Gasteiger partial charge in [-0.3, -0.25) is 9.59 Å². The molecule has 0 heterocycles. The molecule has 1 N–H and O–H groups in total. The van der Waals surface area contributed by atoms with Gasteiger partial charge in [0.05, 0.1) is 17.7 Å². The zero-order valence-electron chi connectivity index (χ0n) is 14.9. The second-order valence-corrected chi connectivity index (χ2v) is 6.13. The molecule has 0 amide bonds. The van der Waals surface area contributed by atoms with Crippen LogP contribution in [0.3, 0.4) is 0 Å². The third-order valence-electron chi connectivity index (χ3n) is 4.37. The molecule has 26 heavy (non-hydrogen) atoms. The van der Waals surface area contributed by atoms with Gasteiger partial charge in [0.25, 0.3) is 5.43 Å². The Labute approximate surface area is 150 Å². The summed E-state index contributed by atoms with van der Waals surface area (Å²) in [4.78, 5) is 35.8. The Balaban J connectivity index is 1.89. The van der Waals surface area contributed by atoms with E-state index >= 15 is 0 Å². The zero-order valence-corrected chi connectivity index (χ0v) is 14.9. The van der Waals surface area contributed by atoms with E-state index in [4.69, 9.17) is 4.74 Å². The van der Waals surface area contributed by atoms with Crippen molar-refractivity contribution in [3.05, 3.63) is 79.6 Å². The van der Waals surface area contributed by atoms with Crippen molar-refractivity contribution in [2.24, 2.45) is 0 Å². The fourth-order valence-corrected chi connectivity index (χ4v) is 2.73. The van der Waals surface area contributed by atoms with Gasteiger partial charge in [0.15, 0.2) is 0 Å². The maximum atomic E-state index is 12.1. The van der Waals surface area contributed by atoms with Gasteiger partial charge < -0.3 is 10.1 Å². The number of benzene rings is 2. The van der Waals surface area contributed by atoms with E-state index in [2.05, 4.69) is 5.32 Å². The number of nitrogens with one attached hydrogen (secondary N) is 1. The van der Waals surface area contributed by atoms with Gasteiger partial charge in [-0.1, -0.05) is 18.2 Å². The van der Waals surface area contributed by atoms with E-state index in [0.29, 0.717) is 23.4 Å². The molecule has 5 heteroatoms. The average Bonchev–Trinajstić information content (AvgIpc) is 2.64. The van der Waals surface area contributed by atoms with E-state index in [1.54, 1.807) is 31.2 Å². The normalized spacial score (nSPS) is 10.7. The number of anilines is 2. The van der Waals surface area contributed by atoms with Crippen molar-refractivity contribution in [3.63, 3.8) is 0 Å². The summed E-state index contributed by atoms with van der Waals surface area (Å²) in [7, 11) is 0. The minimum Gasteiger partial charge on any atom is -0.462 e. The number of carbonyl (C=O) groups excluding carboxylic acids is 1. The molecule has 0 aromatic heterocycles. The number of carbonyl (C=O) groups is 1. The Kier molecular flexibility index (Phi) is 4.71. The van der Waals surface area contributed by atoms with Crippen LogP contribution in [0.2, 0.25) is 0 Å². The van der Waals surface area contributed by atoms with Gasteiger partial charge in [0.2, 0.25) is 5.43 Å². The molecule has 0 saturated heterocycles. The lowest BCUT2D eigenvalue weighted by Gasteiger charge is -2.14. The first kappa shape index (κ1) is 17.6. The Bertz CT molecular complexity index is 1040. The second kappa shape index (κ2) is 6.96. The van der Waals surface area contributed by atoms with Crippen molar-refractivity contribution < 1.29 is 9.53 Å². The Morgan fingerprint density at radius 2 is 1.65 bits per heavy atom. The lowest BCUT2D eigenvalue weighted by Crippen LogP contribution is -2.35. The van der Waals surface area contributed by atoms with Crippen LogP contribution in [0.25, 0.3) is 11.1 Å². The standard InChI is InChI=1S/C21H19NO4/c1-4-26-21(25)14-7-9-16(10-8-14)22-18-17(19(23)20(18)24)15-6-5-12(2)13(3)11-15/h5-11,22H,4H2,1-3H3. The molecule has 0 aliphatic carbocycles. The largest absolute Gasteiger partial charge is 0.462 e. The minimum atomic E-state index is -0.535. The number of rotatable bonds is 5. The molecule has 0 aliphatic heterocycles. The molecule has 0 atom stereocenters. The highest BCUT2D eigenvalue weighted by atomic mass is 16.5. The number of hydrogen-bond acceptors (Lipinski definition) is 5. The first-order chi connectivity index (χ1) is 12.4. The highest BCUT2D eigenvalue weighted by Gasteiger charge is 2.22. The van der Waals surface area contributed by atoms with Gasteiger partial charge in [-0.2, -0.15) is 0 Å². The van der Waals surface area contributed by atoms with Crippen LogP contribution in [-0.4, -0.2) is 12.6 Å². The maximum Gasteiger partial charge on any atom is 0.338 e. The summed E-state index contributed by atoms with van der Waals surface area (Å²) in [6, 6.07) is 12.2. The summed E-state index contributed by atoms with van der Waals surface area (Å²) in [5.41, 5.74) is 3.61. The van der Waals surface area contributed by atoms with Crippen LogP contribution in [0.5, 0.6) is 0 Å². The van der Waals surface area contributed by atoms with Gasteiger partial charge in [-0.05, 0) is 61.7 Å². The Hall–Kier alpha value is -3.21. The first-order valence-corrected chi connectivity index (χ1v) is 8.37. The third kappa shape index (κ3) is 3.16. The summed E-state index contributed by atoms with van der Waals surface area (Å²) < 4.78 is 4.94.